The number of hydrogen-bond donors (Lipinski definition) is 1. The van der Waals surface area contributed by atoms with Gasteiger partial charge in [-0.25, -0.2) is 4.79 Å². The van der Waals surface area contributed by atoms with Crippen LogP contribution in [-0.2, 0) is 0 Å². The quantitative estimate of drug-likeness (QED) is 0.885. The Morgan fingerprint density at radius 3 is 2.84 bits per heavy atom. The van der Waals surface area contributed by atoms with E-state index >= 15 is 0 Å². The van der Waals surface area contributed by atoms with Crippen LogP contribution >= 0.6 is 0 Å². The molecule has 19 heavy (non-hydrogen) atoms. The highest BCUT2D eigenvalue weighted by molar-refractivity contribution is 5.74. The fourth-order valence-corrected chi connectivity index (χ4v) is 2.68. The van der Waals surface area contributed by atoms with E-state index < -0.39 is 0 Å². The Balaban J connectivity index is 1.90. The number of rotatable bonds is 3. The summed E-state index contributed by atoms with van der Waals surface area (Å²) in [4.78, 5) is 14.2. The summed E-state index contributed by atoms with van der Waals surface area (Å²) < 4.78 is 0. The summed E-state index contributed by atoms with van der Waals surface area (Å²) in [7, 11) is 0. The lowest BCUT2D eigenvalue weighted by atomic mass is 9.96. The lowest BCUT2D eigenvalue weighted by molar-refractivity contribution is 0.161. The third kappa shape index (κ3) is 3.72. The molecule has 2 unspecified atom stereocenters. The molecule has 1 aliphatic rings. The number of piperidine rings is 1. The molecular formula is C16H24N2O. The van der Waals surface area contributed by atoms with E-state index in [1.807, 2.05) is 30.0 Å². The Labute approximate surface area is 116 Å². The van der Waals surface area contributed by atoms with Crippen LogP contribution in [0, 0.1) is 5.92 Å². The molecule has 104 valence electrons. The van der Waals surface area contributed by atoms with Crippen LogP contribution in [0.15, 0.2) is 30.3 Å². The topological polar surface area (TPSA) is 32.3 Å². The maximum absolute atomic E-state index is 12.3. The normalized spacial score (nSPS) is 20.9. The van der Waals surface area contributed by atoms with Crippen LogP contribution < -0.4 is 5.32 Å². The number of carbonyl (C=O) groups excluding carboxylic acids is 1. The predicted octanol–water partition coefficient (Wildman–Crippen LogP) is 3.58. The first-order valence-corrected chi connectivity index (χ1v) is 7.31. The molecule has 1 aromatic rings. The van der Waals surface area contributed by atoms with Gasteiger partial charge in [0.05, 0.1) is 6.04 Å². The first kappa shape index (κ1) is 13.9. The molecule has 1 heterocycles. The minimum absolute atomic E-state index is 0.0655. The minimum atomic E-state index is 0.0655. The molecule has 2 rings (SSSR count). The van der Waals surface area contributed by atoms with E-state index in [9.17, 15) is 4.79 Å². The molecule has 1 N–H and O–H groups in total. The zero-order valence-corrected chi connectivity index (χ0v) is 11.9. The van der Waals surface area contributed by atoms with Gasteiger partial charge in [0.2, 0.25) is 0 Å². The van der Waals surface area contributed by atoms with Crippen LogP contribution in [0.4, 0.5) is 4.79 Å². The van der Waals surface area contributed by atoms with Crippen molar-refractivity contribution in [3.8, 4) is 0 Å². The summed E-state index contributed by atoms with van der Waals surface area (Å²) in [5, 5.41) is 3.10. The van der Waals surface area contributed by atoms with Gasteiger partial charge < -0.3 is 10.2 Å². The molecule has 0 bridgehead atoms. The SMILES string of the molecule is CCC1CCCN(C(=O)NC(C)c2ccccc2)C1. The van der Waals surface area contributed by atoms with E-state index in [1.54, 1.807) is 0 Å². The molecule has 0 saturated carbocycles. The Kier molecular flexibility index (Phi) is 4.83. The van der Waals surface area contributed by atoms with Crippen molar-refractivity contribution in [1.29, 1.82) is 0 Å². The summed E-state index contributed by atoms with van der Waals surface area (Å²) in [5.41, 5.74) is 1.15. The van der Waals surface area contributed by atoms with Crippen LogP contribution in [0.25, 0.3) is 0 Å². The third-order valence-electron chi connectivity index (χ3n) is 4.02. The van der Waals surface area contributed by atoms with Gasteiger partial charge in [-0.2, -0.15) is 0 Å². The zero-order valence-electron chi connectivity index (χ0n) is 11.9. The van der Waals surface area contributed by atoms with Crippen LogP contribution in [0.1, 0.15) is 44.7 Å². The second kappa shape index (κ2) is 6.60. The second-order valence-corrected chi connectivity index (χ2v) is 5.44. The van der Waals surface area contributed by atoms with E-state index in [0.29, 0.717) is 5.92 Å². The van der Waals surface area contributed by atoms with E-state index in [0.717, 1.165) is 31.5 Å². The average molecular weight is 260 g/mol. The van der Waals surface area contributed by atoms with Crippen molar-refractivity contribution in [2.24, 2.45) is 5.92 Å². The first-order chi connectivity index (χ1) is 9.20. The summed E-state index contributed by atoms with van der Waals surface area (Å²) in [6.45, 7) is 6.04. The monoisotopic (exact) mass is 260 g/mol. The predicted molar refractivity (Wildman–Crippen MR) is 78.0 cm³/mol. The highest BCUT2D eigenvalue weighted by Gasteiger charge is 2.23. The molecule has 0 radical (unpaired) electrons. The molecule has 1 fully saturated rings. The molecule has 0 spiro atoms. The number of benzene rings is 1. The van der Waals surface area contributed by atoms with Crippen molar-refractivity contribution >= 4 is 6.03 Å². The number of amides is 2. The Morgan fingerprint density at radius 2 is 2.16 bits per heavy atom. The number of urea groups is 1. The van der Waals surface area contributed by atoms with Crippen molar-refractivity contribution in [1.82, 2.24) is 10.2 Å². The van der Waals surface area contributed by atoms with Crippen LogP contribution in [0.2, 0.25) is 0 Å². The summed E-state index contributed by atoms with van der Waals surface area (Å²) in [6, 6.07) is 10.3. The fourth-order valence-electron chi connectivity index (χ4n) is 2.68. The number of likely N-dealkylation sites (tertiary alicyclic amines) is 1. The number of nitrogens with zero attached hydrogens (tertiary/aromatic N) is 1. The van der Waals surface area contributed by atoms with Crippen molar-refractivity contribution in [2.45, 2.75) is 39.2 Å². The smallest absolute Gasteiger partial charge is 0.317 e. The van der Waals surface area contributed by atoms with Gasteiger partial charge in [0, 0.05) is 13.1 Å². The van der Waals surface area contributed by atoms with Gasteiger partial charge in [-0.05, 0) is 31.2 Å². The molecule has 1 saturated heterocycles. The summed E-state index contributed by atoms with van der Waals surface area (Å²) in [6.07, 6.45) is 3.55. The van der Waals surface area contributed by atoms with Gasteiger partial charge >= 0.3 is 6.03 Å². The van der Waals surface area contributed by atoms with E-state index in [-0.39, 0.29) is 12.1 Å². The minimum Gasteiger partial charge on any atom is -0.331 e. The Hall–Kier alpha value is -1.51. The number of hydrogen-bond acceptors (Lipinski definition) is 1. The zero-order chi connectivity index (χ0) is 13.7. The number of carbonyl (C=O) groups is 1. The van der Waals surface area contributed by atoms with Gasteiger partial charge in [0.1, 0.15) is 0 Å². The van der Waals surface area contributed by atoms with E-state index in [4.69, 9.17) is 0 Å². The molecule has 2 atom stereocenters. The standard InChI is InChI=1S/C16H24N2O/c1-3-14-8-7-11-18(12-14)16(19)17-13(2)15-9-5-4-6-10-15/h4-6,9-10,13-14H,3,7-8,11-12H2,1-2H3,(H,17,19). The van der Waals surface area contributed by atoms with Crippen LogP contribution in [-0.4, -0.2) is 24.0 Å². The van der Waals surface area contributed by atoms with Crippen LogP contribution in [0.3, 0.4) is 0 Å². The molecule has 2 amide bonds. The molecule has 3 heteroatoms. The number of nitrogens with one attached hydrogen (secondary N) is 1. The van der Waals surface area contributed by atoms with Crippen LogP contribution in [0.5, 0.6) is 0 Å². The molecule has 1 aromatic carbocycles. The Bertz CT molecular complexity index is 404. The van der Waals surface area contributed by atoms with Gasteiger partial charge in [0.25, 0.3) is 0 Å². The highest BCUT2D eigenvalue weighted by Crippen LogP contribution is 2.20. The first-order valence-electron chi connectivity index (χ1n) is 7.31. The molecular weight excluding hydrogens is 236 g/mol. The molecule has 0 aromatic heterocycles. The molecule has 0 aliphatic carbocycles. The average Bonchev–Trinajstić information content (AvgIpc) is 2.48. The van der Waals surface area contributed by atoms with Crippen molar-refractivity contribution in [3.63, 3.8) is 0 Å². The van der Waals surface area contributed by atoms with Crippen molar-refractivity contribution in [3.05, 3.63) is 35.9 Å². The second-order valence-electron chi connectivity index (χ2n) is 5.44. The van der Waals surface area contributed by atoms with Crippen molar-refractivity contribution in [2.75, 3.05) is 13.1 Å². The summed E-state index contributed by atoms with van der Waals surface area (Å²) >= 11 is 0. The highest BCUT2D eigenvalue weighted by atomic mass is 16.2. The third-order valence-corrected chi connectivity index (χ3v) is 4.02. The lowest BCUT2D eigenvalue weighted by Gasteiger charge is -2.33. The van der Waals surface area contributed by atoms with E-state index in [1.165, 1.54) is 6.42 Å². The molecule has 3 nitrogen and oxygen atoms in total. The van der Waals surface area contributed by atoms with Gasteiger partial charge in [-0.15, -0.1) is 0 Å². The van der Waals surface area contributed by atoms with Gasteiger partial charge in [-0.3, -0.25) is 0 Å². The summed E-state index contributed by atoms with van der Waals surface area (Å²) in [5.74, 6) is 0.673. The Morgan fingerprint density at radius 1 is 1.42 bits per heavy atom. The van der Waals surface area contributed by atoms with Crippen molar-refractivity contribution < 1.29 is 4.79 Å². The lowest BCUT2D eigenvalue weighted by Crippen LogP contribution is -2.46. The van der Waals surface area contributed by atoms with Gasteiger partial charge in [0.15, 0.2) is 0 Å². The maximum atomic E-state index is 12.3. The van der Waals surface area contributed by atoms with Gasteiger partial charge in [-0.1, -0.05) is 43.7 Å². The maximum Gasteiger partial charge on any atom is 0.317 e. The largest absolute Gasteiger partial charge is 0.331 e. The van der Waals surface area contributed by atoms with E-state index in [2.05, 4.69) is 24.4 Å². The fraction of sp³-hybridized carbons (Fsp3) is 0.562. The molecule has 1 aliphatic heterocycles.